The first kappa shape index (κ1) is 16.2. The average Bonchev–Trinajstić information content (AvgIpc) is 2.62. The molecule has 1 amide bonds. The predicted octanol–water partition coefficient (Wildman–Crippen LogP) is 2.66. The molecule has 1 aromatic carbocycles. The van der Waals surface area contributed by atoms with Gasteiger partial charge in [0.05, 0.1) is 0 Å². The van der Waals surface area contributed by atoms with Crippen LogP contribution in [-0.4, -0.2) is 53.9 Å². The standard InChI is InChI=1S/C19H21N3O2/c1-21-11-13-22(14-12-21)19(23)10-8-16-7-9-18(20-15-16)24-17-5-3-2-4-6-17/h2-10,15H,11-14H2,1H3. The minimum Gasteiger partial charge on any atom is -0.439 e. The minimum atomic E-state index is 0.0488. The molecule has 0 N–H and O–H groups in total. The van der Waals surface area contributed by atoms with E-state index >= 15 is 0 Å². The summed E-state index contributed by atoms with van der Waals surface area (Å²) in [5.41, 5.74) is 0.873. The van der Waals surface area contributed by atoms with Gasteiger partial charge in [0.1, 0.15) is 5.75 Å². The molecule has 0 atom stereocenters. The van der Waals surface area contributed by atoms with E-state index in [1.165, 1.54) is 0 Å². The predicted molar refractivity (Wildman–Crippen MR) is 93.9 cm³/mol. The highest BCUT2D eigenvalue weighted by atomic mass is 16.5. The number of para-hydroxylation sites is 1. The van der Waals surface area contributed by atoms with Crippen molar-refractivity contribution in [3.05, 3.63) is 60.3 Å². The van der Waals surface area contributed by atoms with E-state index in [2.05, 4.69) is 16.9 Å². The molecule has 1 saturated heterocycles. The third-order valence-corrected chi connectivity index (χ3v) is 3.96. The molecule has 0 saturated carbocycles. The zero-order valence-corrected chi connectivity index (χ0v) is 13.8. The lowest BCUT2D eigenvalue weighted by Crippen LogP contribution is -2.46. The zero-order chi connectivity index (χ0) is 16.8. The summed E-state index contributed by atoms with van der Waals surface area (Å²) in [5.74, 6) is 1.33. The Morgan fingerprint density at radius 1 is 1.08 bits per heavy atom. The van der Waals surface area contributed by atoms with Gasteiger partial charge in [0, 0.05) is 44.5 Å². The number of rotatable bonds is 4. The first-order valence-corrected chi connectivity index (χ1v) is 8.05. The molecule has 24 heavy (non-hydrogen) atoms. The van der Waals surface area contributed by atoms with Crippen molar-refractivity contribution >= 4 is 12.0 Å². The van der Waals surface area contributed by atoms with Gasteiger partial charge >= 0.3 is 0 Å². The van der Waals surface area contributed by atoms with Crippen LogP contribution in [-0.2, 0) is 4.79 Å². The van der Waals surface area contributed by atoms with E-state index in [4.69, 9.17) is 4.74 Å². The van der Waals surface area contributed by atoms with Crippen molar-refractivity contribution in [1.82, 2.24) is 14.8 Å². The zero-order valence-electron chi connectivity index (χ0n) is 13.8. The second-order valence-electron chi connectivity index (χ2n) is 5.81. The van der Waals surface area contributed by atoms with Crippen molar-refractivity contribution in [3.63, 3.8) is 0 Å². The summed E-state index contributed by atoms with van der Waals surface area (Å²) in [7, 11) is 2.07. The lowest BCUT2D eigenvalue weighted by Gasteiger charge is -2.31. The lowest BCUT2D eigenvalue weighted by atomic mass is 10.2. The number of benzene rings is 1. The molecular formula is C19H21N3O2. The largest absolute Gasteiger partial charge is 0.439 e. The molecule has 0 unspecified atom stereocenters. The molecular weight excluding hydrogens is 302 g/mol. The number of ether oxygens (including phenoxy) is 1. The topological polar surface area (TPSA) is 45.7 Å². The molecule has 0 spiro atoms. The fourth-order valence-electron chi connectivity index (χ4n) is 2.46. The highest BCUT2D eigenvalue weighted by Crippen LogP contribution is 2.18. The summed E-state index contributed by atoms with van der Waals surface area (Å²) in [5, 5.41) is 0. The number of hydrogen-bond acceptors (Lipinski definition) is 4. The van der Waals surface area contributed by atoms with E-state index in [1.807, 2.05) is 41.3 Å². The molecule has 5 heteroatoms. The first-order valence-electron chi connectivity index (χ1n) is 8.05. The van der Waals surface area contributed by atoms with Crippen LogP contribution in [0.2, 0.25) is 0 Å². The number of likely N-dealkylation sites (N-methyl/N-ethyl adjacent to an activating group) is 1. The van der Waals surface area contributed by atoms with Crippen molar-refractivity contribution < 1.29 is 9.53 Å². The Hall–Kier alpha value is -2.66. The third kappa shape index (κ3) is 4.43. The van der Waals surface area contributed by atoms with Crippen LogP contribution in [0.1, 0.15) is 5.56 Å². The molecule has 124 valence electrons. The summed E-state index contributed by atoms with van der Waals surface area (Å²) >= 11 is 0. The third-order valence-electron chi connectivity index (χ3n) is 3.96. The SMILES string of the molecule is CN1CCN(C(=O)C=Cc2ccc(Oc3ccccc3)nc2)CC1. The van der Waals surface area contributed by atoms with E-state index in [-0.39, 0.29) is 5.91 Å². The number of carbonyl (C=O) groups is 1. The van der Waals surface area contributed by atoms with Crippen molar-refractivity contribution in [2.24, 2.45) is 0 Å². The highest BCUT2D eigenvalue weighted by Gasteiger charge is 2.16. The van der Waals surface area contributed by atoms with Crippen LogP contribution in [0.25, 0.3) is 6.08 Å². The van der Waals surface area contributed by atoms with Gasteiger partial charge in [0.15, 0.2) is 0 Å². The van der Waals surface area contributed by atoms with Gasteiger partial charge in [-0.1, -0.05) is 18.2 Å². The second kappa shape index (κ2) is 7.75. The maximum absolute atomic E-state index is 12.2. The Bertz CT molecular complexity index is 690. The Kier molecular flexibility index (Phi) is 5.23. The van der Waals surface area contributed by atoms with E-state index in [0.29, 0.717) is 5.88 Å². The Labute approximate surface area is 142 Å². The van der Waals surface area contributed by atoms with Gasteiger partial charge in [0.2, 0.25) is 11.8 Å². The van der Waals surface area contributed by atoms with Crippen LogP contribution in [0.4, 0.5) is 0 Å². The molecule has 5 nitrogen and oxygen atoms in total. The number of pyridine rings is 1. The summed E-state index contributed by atoms with van der Waals surface area (Å²) in [6, 6.07) is 13.2. The van der Waals surface area contributed by atoms with E-state index in [1.54, 1.807) is 24.4 Å². The van der Waals surface area contributed by atoms with Gasteiger partial charge in [-0.2, -0.15) is 0 Å². The number of carbonyl (C=O) groups excluding carboxylic acids is 1. The number of amides is 1. The lowest BCUT2D eigenvalue weighted by molar-refractivity contribution is -0.127. The van der Waals surface area contributed by atoms with E-state index in [0.717, 1.165) is 37.5 Å². The summed E-state index contributed by atoms with van der Waals surface area (Å²) in [4.78, 5) is 20.5. The molecule has 3 rings (SSSR count). The van der Waals surface area contributed by atoms with Crippen molar-refractivity contribution in [1.29, 1.82) is 0 Å². The van der Waals surface area contributed by atoms with Crippen LogP contribution >= 0.6 is 0 Å². The normalized spacial score (nSPS) is 15.6. The van der Waals surface area contributed by atoms with Crippen LogP contribution < -0.4 is 4.74 Å². The number of aromatic nitrogens is 1. The minimum absolute atomic E-state index is 0.0488. The molecule has 0 radical (unpaired) electrons. The molecule has 0 aliphatic carbocycles. The molecule has 2 aromatic rings. The van der Waals surface area contributed by atoms with Crippen molar-refractivity contribution in [3.8, 4) is 11.6 Å². The van der Waals surface area contributed by atoms with Crippen LogP contribution in [0.15, 0.2) is 54.7 Å². The monoisotopic (exact) mass is 323 g/mol. The fraction of sp³-hybridized carbons (Fsp3) is 0.263. The number of piperazine rings is 1. The molecule has 1 fully saturated rings. The van der Waals surface area contributed by atoms with Gasteiger partial charge in [-0.05, 0) is 36.9 Å². The molecule has 1 aliphatic rings. The van der Waals surface area contributed by atoms with Crippen LogP contribution in [0, 0.1) is 0 Å². The smallest absolute Gasteiger partial charge is 0.246 e. The summed E-state index contributed by atoms with van der Waals surface area (Å²) in [6.07, 6.45) is 5.10. The Balaban J connectivity index is 1.56. The number of nitrogens with zero attached hydrogens (tertiary/aromatic N) is 3. The average molecular weight is 323 g/mol. The molecule has 1 aromatic heterocycles. The van der Waals surface area contributed by atoms with Gasteiger partial charge in [-0.25, -0.2) is 4.98 Å². The maximum Gasteiger partial charge on any atom is 0.246 e. The molecule has 1 aliphatic heterocycles. The number of hydrogen-bond donors (Lipinski definition) is 0. The van der Waals surface area contributed by atoms with Gasteiger partial charge < -0.3 is 14.5 Å². The van der Waals surface area contributed by atoms with Gasteiger partial charge in [0.25, 0.3) is 0 Å². The van der Waals surface area contributed by atoms with E-state index in [9.17, 15) is 4.79 Å². The Morgan fingerprint density at radius 3 is 2.50 bits per heavy atom. The van der Waals surface area contributed by atoms with Gasteiger partial charge in [-0.15, -0.1) is 0 Å². The molecule has 2 heterocycles. The van der Waals surface area contributed by atoms with E-state index < -0.39 is 0 Å². The van der Waals surface area contributed by atoms with Crippen molar-refractivity contribution in [2.45, 2.75) is 0 Å². The van der Waals surface area contributed by atoms with Gasteiger partial charge in [-0.3, -0.25) is 4.79 Å². The van der Waals surface area contributed by atoms with Crippen LogP contribution in [0.5, 0.6) is 11.6 Å². The quantitative estimate of drug-likeness (QED) is 0.812. The second-order valence-corrected chi connectivity index (χ2v) is 5.81. The maximum atomic E-state index is 12.2. The summed E-state index contributed by atoms with van der Waals surface area (Å²) in [6.45, 7) is 3.41. The molecule has 0 bridgehead atoms. The fourth-order valence-corrected chi connectivity index (χ4v) is 2.46. The summed E-state index contributed by atoms with van der Waals surface area (Å²) < 4.78 is 5.65. The highest BCUT2D eigenvalue weighted by molar-refractivity contribution is 5.91. The Morgan fingerprint density at radius 2 is 1.83 bits per heavy atom. The van der Waals surface area contributed by atoms with Crippen LogP contribution in [0.3, 0.4) is 0 Å². The van der Waals surface area contributed by atoms with Crippen molar-refractivity contribution in [2.75, 3.05) is 33.2 Å². The first-order chi connectivity index (χ1) is 11.7.